The van der Waals surface area contributed by atoms with Gasteiger partial charge < -0.3 is 19.5 Å². The van der Waals surface area contributed by atoms with Crippen molar-refractivity contribution in [2.24, 2.45) is 7.05 Å². The molecule has 2 aromatic rings. The lowest BCUT2D eigenvalue weighted by Crippen LogP contribution is -2.25. The Morgan fingerprint density at radius 2 is 1.82 bits per heavy atom. The predicted molar refractivity (Wildman–Crippen MR) is 102 cm³/mol. The molecule has 1 aliphatic rings. The number of aliphatic hydroxyl groups excluding tert-OH is 1. The Kier molecular flexibility index (Phi) is 4.89. The molecule has 1 unspecified atom stereocenters. The van der Waals surface area contributed by atoms with Gasteiger partial charge in [0.1, 0.15) is 5.76 Å². The van der Waals surface area contributed by atoms with Crippen molar-refractivity contribution in [1.82, 2.24) is 14.7 Å². The molecule has 0 bridgehead atoms. The molecular weight excluding hydrogens is 362 g/mol. The highest BCUT2D eigenvalue weighted by Crippen LogP contribution is 2.45. The van der Waals surface area contributed by atoms with Crippen LogP contribution < -0.4 is 9.47 Å². The van der Waals surface area contributed by atoms with E-state index in [-0.39, 0.29) is 11.3 Å². The lowest BCUT2D eigenvalue weighted by atomic mass is 9.94. The minimum Gasteiger partial charge on any atom is -0.507 e. The fourth-order valence-corrected chi connectivity index (χ4v) is 3.69. The predicted octanol–water partition coefficient (Wildman–Crippen LogP) is 2.11. The van der Waals surface area contributed by atoms with Crippen molar-refractivity contribution >= 4 is 17.4 Å². The second-order valence-corrected chi connectivity index (χ2v) is 6.66. The van der Waals surface area contributed by atoms with Gasteiger partial charge >= 0.3 is 0 Å². The van der Waals surface area contributed by atoms with E-state index in [2.05, 4.69) is 5.10 Å². The number of likely N-dealkylation sites (tertiary alicyclic amines) is 1. The summed E-state index contributed by atoms with van der Waals surface area (Å²) in [6.07, 6.45) is 0. The molecule has 8 nitrogen and oxygen atoms in total. The van der Waals surface area contributed by atoms with Gasteiger partial charge in [0, 0.05) is 25.4 Å². The molecule has 1 amide bonds. The molecule has 0 saturated carbocycles. The molecule has 8 heteroatoms. The number of rotatable bonds is 4. The van der Waals surface area contributed by atoms with Crippen LogP contribution in [0.2, 0.25) is 0 Å². The molecule has 1 saturated heterocycles. The molecule has 0 radical (unpaired) electrons. The number of nitrogens with zero attached hydrogens (tertiary/aromatic N) is 3. The van der Waals surface area contributed by atoms with Gasteiger partial charge in [-0.25, -0.2) is 0 Å². The topological polar surface area (TPSA) is 93.9 Å². The number of methoxy groups -OCH3 is 2. The van der Waals surface area contributed by atoms with Crippen molar-refractivity contribution < 1.29 is 24.2 Å². The Hall–Kier alpha value is -3.29. The van der Waals surface area contributed by atoms with E-state index in [4.69, 9.17) is 9.47 Å². The van der Waals surface area contributed by atoms with E-state index in [9.17, 15) is 14.7 Å². The maximum absolute atomic E-state index is 12.8. The number of carbonyl (C=O) groups excluding carboxylic acids is 2. The minimum absolute atomic E-state index is 0.00162. The monoisotopic (exact) mass is 385 g/mol. The number of ketones is 1. The van der Waals surface area contributed by atoms with Gasteiger partial charge in [-0.15, -0.1) is 0 Å². The fourth-order valence-electron chi connectivity index (χ4n) is 3.69. The van der Waals surface area contributed by atoms with Gasteiger partial charge in [0.15, 0.2) is 11.5 Å². The summed E-state index contributed by atoms with van der Waals surface area (Å²) in [5.41, 5.74) is 2.24. The van der Waals surface area contributed by atoms with Crippen molar-refractivity contribution in [1.29, 1.82) is 0 Å². The third-order valence-electron chi connectivity index (χ3n) is 5.15. The molecule has 3 rings (SSSR count). The Labute approximate surface area is 163 Å². The summed E-state index contributed by atoms with van der Waals surface area (Å²) in [4.78, 5) is 26.6. The van der Waals surface area contributed by atoms with Crippen LogP contribution in [0, 0.1) is 13.8 Å². The number of aryl methyl sites for hydroxylation is 2. The van der Waals surface area contributed by atoms with Gasteiger partial charge in [-0.1, -0.05) is 12.1 Å². The number of hydrogen-bond acceptors (Lipinski definition) is 6. The number of para-hydroxylation sites is 1. The number of benzene rings is 1. The van der Waals surface area contributed by atoms with Crippen molar-refractivity contribution in [3.05, 3.63) is 46.3 Å². The van der Waals surface area contributed by atoms with Crippen LogP contribution >= 0.6 is 0 Å². The molecule has 148 valence electrons. The maximum atomic E-state index is 12.8. The molecule has 0 spiro atoms. The van der Waals surface area contributed by atoms with Gasteiger partial charge in [-0.05, 0) is 19.9 Å². The summed E-state index contributed by atoms with van der Waals surface area (Å²) >= 11 is 0. The summed E-state index contributed by atoms with van der Waals surface area (Å²) in [6, 6.07) is 4.39. The second kappa shape index (κ2) is 7.03. The SMILES string of the molecule is COc1cccc(C2/C(=C(\O)c3c(C)nn(C)c3C)C(=O)C(=O)N2C)c1OC. The lowest BCUT2D eigenvalue weighted by molar-refractivity contribution is -0.139. The van der Waals surface area contributed by atoms with Gasteiger partial charge in [0.2, 0.25) is 0 Å². The fraction of sp³-hybridized carbons (Fsp3) is 0.350. The first kappa shape index (κ1) is 19.5. The van der Waals surface area contributed by atoms with Crippen LogP contribution in [0.1, 0.15) is 28.6 Å². The molecule has 0 aliphatic carbocycles. The lowest BCUT2D eigenvalue weighted by Gasteiger charge is -2.23. The number of hydrogen-bond donors (Lipinski definition) is 1. The number of aliphatic hydroxyl groups is 1. The van der Waals surface area contributed by atoms with Crippen LogP contribution in [0.15, 0.2) is 23.8 Å². The Balaban J connectivity index is 2.31. The molecule has 1 atom stereocenters. The average molecular weight is 385 g/mol. The number of carbonyl (C=O) groups is 2. The summed E-state index contributed by atoms with van der Waals surface area (Å²) < 4.78 is 12.4. The van der Waals surface area contributed by atoms with Crippen LogP contribution in [-0.4, -0.2) is 52.7 Å². The van der Waals surface area contributed by atoms with E-state index >= 15 is 0 Å². The minimum atomic E-state index is -0.816. The highest BCUT2D eigenvalue weighted by molar-refractivity contribution is 6.46. The molecule has 1 aromatic carbocycles. The molecule has 1 aromatic heterocycles. The molecule has 1 aliphatic heterocycles. The molecule has 1 fully saturated rings. The van der Waals surface area contributed by atoms with Gasteiger partial charge in [0.25, 0.3) is 11.7 Å². The van der Waals surface area contributed by atoms with E-state index < -0.39 is 17.7 Å². The van der Waals surface area contributed by atoms with Crippen molar-refractivity contribution in [2.45, 2.75) is 19.9 Å². The standard InChI is InChI=1S/C20H23N3O5/c1-10-14(11(2)23(4)21-10)17(24)15-16(22(3)20(26)18(15)25)12-8-7-9-13(27-5)19(12)28-6/h7-9,16,24H,1-6H3/b17-15+. The van der Waals surface area contributed by atoms with Crippen molar-refractivity contribution in [3.63, 3.8) is 0 Å². The molecular formula is C20H23N3O5. The summed E-state index contributed by atoms with van der Waals surface area (Å²) in [6.45, 7) is 3.53. The van der Waals surface area contributed by atoms with Gasteiger partial charge in [0.05, 0.1) is 37.1 Å². The third kappa shape index (κ3) is 2.72. The van der Waals surface area contributed by atoms with Crippen LogP contribution in [0.25, 0.3) is 5.76 Å². The van der Waals surface area contributed by atoms with E-state index in [1.54, 1.807) is 43.8 Å². The smallest absolute Gasteiger partial charge is 0.295 e. The normalized spacial score (nSPS) is 18.6. The zero-order chi connectivity index (χ0) is 20.7. The van der Waals surface area contributed by atoms with Crippen molar-refractivity contribution in [2.75, 3.05) is 21.3 Å². The van der Waals surface area contributed by atoms with Gasteiger partial charge in [-0.2, -0.15) is 5.10 Å². The first-order chi connectivity index (χ1) is 13.2. The van der Waals surface area contributed by atoms with E-state index in [0.29, 0.717) is 34.0 Å². The largest absolute Gasteiger partial charge is 0.507 e. The summed E-state index contributed by atoms with van der Waals surface area (Å²) in [5.74, 6) is -0.837. The zero-order valence-electron chi connectivity index (χ0n) is 16.7. The number of aromatic nitrogens is 2. The summed E-state index contributed by atoms with van der Waals surface area (Å²) in [5, 5.41) is 15.4. The average Bonchev–Trinajstić information content (AvgIpc) is 3.06. The molecule has 2 heterocycles. The van der Waals surface area contributed by atoms with E-state index in [0.717, 1.165) is 0 Å². The molecule has 28 heavy (non-hydrogen) atoms. The van der Waals surface area contributed by atoms with E-state index in [1.807, 2.05) is 0 Å². The quantitative estimate of drug-likeness (QED) is 0.492. The Morgan fingerprint density at radius 3 is 2.36 bits per heavy atom. The van der Waals surface area contributed by atoms with Crippen molar-refractivity contribution in [3.8, 4) is 11.5 Å². The first-order valence-corrected chi connectivity index (χ1v) is 8.70. The number of amides is 1. The zero-order valence-corrected chi connectivity index (χ0v) is 16.7. The van der Waals surface area contributed by atoms with Crippen LogP contribution in [0.3, 0.4) is 0 Å². The Bertz CT molecular complexity index is 1010. The second-order valence-electron chi connectivity index (χ2n) is 6.66. The van der Waals surface area contributed by atoms with Gasteiger partial charge in [-0.3, -0.25) is 14.3 Å². The van der Waals surface area contributed by atoms with Crippen LogP contribution in [0.4, 0.5) is 0 Å². The molecule has 1 N–H and O–H groups in total. The Morgan fingerprint density at radius 1 is 1.14 bits per heavy atom. The van der Waals surface area contributed by atoms with Crippen LogP contribution in [0.5, 0.6) is 11.5 Å². The summed E-state index contributed by atoms with van der Waals surface area (Å²) in [7, 11) is 6.26. The highest BCUT2D eigenvalue weighted by Gasteiger charge is 2.46. The number of ether oxygens (including phenoxy) is 2. The van der Waals surface area contributed by atoms with Crippen LogP contribution in [-0.2, 0) is 16.6 Å². The maximum Gasteiger partial charge on any atom is 0.295 e. The first-order valence-electron chi connectivity index (χ1n) is 8.70. The highest BCUT2D eigenvalue weighted by atomic mass is 16.5. The number of likely N-dealkylation sites (N-methyl/N-ethyl adjacent to an activating group) is 1. The number of Topliss-reactive ketones (excluding diaryl/α,β-unsaturated/α-hetero) is 1. The third-order valence-corrected chi connectivity index (χ3v) is 5.15. The van der Waals surface area contributed by atoms with E-state index in [1.165, 1.54) is 26.2 Å².